The molecule has 1 rings (SSSR count). The molecular formula is C11H13BrFNO. The summed E-state index contributed by atoms with van der Waals surface area (Å²) in [7, 11) is 0. The Morgan fingerprint density at radius 3 is 2.73 bits per heavy atom. The summed E-state index contributed by atoms with van der Waals surface area (Å²) < 4.78 is 13.6. The van der Waals surface area contributed by atoms with Crippen LogP contribution in [-0.4, -0.2) is 11.8 Å². The molecule has 0 radical (unpaired) electrons. The van der Waals surface area contributed by atoms with Gasteiger partial charge >= 0.3 is 0 Å². The van der Waals surface area contributed by atoms with Gasteiger partial charge in [-0.15, -0.1) is 0 Å². The summed E-state index contributed by atoms with van der Waals surface area (Å²) in [5.74, 6) is -0.310. The van der Waals surface area contributed by atoms with Crippen LogP contribution in [0.2, 0.25) is 0 Å². The molecule has 1 atom stereocenters. The summed E-state index contributed by atoms with van der Waals surface area (Å²) in [6.45, 7) is 1.78. The Hall–Kier alpha value is -0.740. The Morgan fingerprint density at radius 2 is 2.20 bits per heavy atom. The van der Waals surface area contributed by atoms with Crippen LogP contribution >= 0.6 is 15.9 Å². The minimum atomic E-state index is -0.340. The zero-order chi connectivity index (χ0) is 11.4. The van der Waals surface area contributed by atoms with E-state index in [2.05, 4.69) is 15.9 Å². The first-order chi connectivity index (χ1) is 6.97. The lowest BCUT2D eigenvalue weighted by Crippen LogP contribution is -2.20. The number of benzene rings is 1. The van der Waals surface area contributed by atoms with Crippen molar-refractivity contribution in [1.82, 2.24) is 0 Å². The Kier molecular flexibility index (Phi) is 4.42. The number of nitrogens with two attached hydrogens (primary N) is 1. The minimum absolute atomic E-state index is 0.0301. The first-order valence-corrected chi connectivity index (χ1v) is 5.49. The van der Waals surface area contributed by atoms with Gasteiger partial charge in [-0.25, -0.2) is 4.39 Å². The fraction of sp³-hybridized carbons (Fsp3) is 0.364. The zero-order valence-corrected chi connectivity index (χ0v) is 10.1. The third-order valence-corrected chi connectivity index (χ3v) is 2.33. The highest BCUT2D eigenvalue weighted by Gasteiger charge is 2.08. The lowest BCUT2D eigenvalue weighted by molar-refractivity contribution is -0.118. The summed E-state index contributed by atoms with van der Waals surface area (Å²) in [6.07, 6.45) is 0.562. The first kappa shape index (κ1) is 12.3. The van der Waals surface area contributed by atoms with Crippen molar-refractivity contribution in [1.29, 1.82) is 0 Å². The van der Waals surface area contributed by atoms with Crippen molar-refractivity contribution in [2.24, 2.45) is 5.73 Å². The molecule has 4 heteroatoms. The predicted molar refractivity (Wildman–Crippen MR) is 61.1 cm³/mol. The van der Waals surface area contributed by atoms with Crippen LogP contribution in [0.25, 0.3) is 0 Å². The standard InChI is InChI=1S/C11H13BrFNO/c1-7(14)2-11(15)5-8-3-9(12)6-10(13)4-8/h3-4,6-7H,2,5,14H2,1H3. The van der Waals surface area contributed by atoms with Crippen LogP contribution in [0.3, 0.4) is 0 Å². The van der Waals surface area contributed by atoms with Gasteiger partial charge in [0.2, 0.25) is 0 Å². The predicted octanol–water partition coefficient (Wildman–Crippen LogP) is 2.44. The Labute approximate surface area is 96.8 Å². The molecule has 0 amide bonds. The number of ketones is 1. The minimum Gasteiger partial charge on any atom is -0.328 e. The number of hydrogen-bond donors (Lipinski definition) is 1. The van der Waals surface area contributed by atoms with E-state index in [0.717, 1.165) is 0 Å². The summed E-state index contributed by atoms with van der Waals surface area (Å²) in [5, 5.41) is 0. The monoisotopic (exact) mass is 273 g/mol. The number of halogens is 2. The van der Waals surface area contributed by atoms with Gasteiger partial charge in [-0.05, 0) is 30.7 Å². The largest absolute Gasteiger partial charge is 0.328 e. The lowest BCUT2D eigenvalue weighted by atomic mass is 10.0. The molecule has 0 spiro atoms. The summed E-state index contributed by atoms with van der Waals surface area (Å²) in [5.41, 5.74) is 6.18. The first-order valence-electron chi connectivity index (χ1n) is 4.69. The number of rotatable bonds is 4. The second-order valence-electron chi connectivity index (χ2n) is 3.67. The molecule has 1 aromatic carbocycles. The molecule has 15 heavy (non-hydrogen) atoms. The fourth-order valence-corrected chi connectivity index (χ4v) is 1.88. The number of Topliss-reactive ketones (excluding diaryl/α,β-unsaturated/α-hetero) is 1. The van der Waals surface area contributed by atoms with E-state index in [0.29, 0.717) is 16.5 Å². The van der Waals surface area contributed by atoms with Gasteiger partial charge in [-0.2, -0.15) is 0 Å². The van der Waals surface area contributed by atoms with Gasteiger partial charge in [0.05, 0.1) is 0 Å². The van der Waals surface area contributed by atoms with Gasteiger partial charge < -0.3 is 5.73 Å². The quantitative estimate of drug-likeness (QED) is 0.916. The average Bonchev–Trinajstić information content (AvgIpc) is 1.98. The van der Waals surface area contributed by atoms with Crippen molar-refractivity contribution in [3.8, 4) is 0 Å². The van der Waals surface area contributed by atoms with Crippen molar-refractivity contribution in [2.45, 2.75) is 25.8 Å². The maximum Gasteiger partial charge on any atom is 0.138 e. The second kappa shape index (κ2) is 5.37. The van der Waals surface area contributed by atoms with Crippen molar-refractivity contribution in [2.75, 3.05) is 0 Å². The SMILES string of the molecule is CC(N)CC(=O)Cc1cc(F)cc(Br)c1. The smallest absolute Gasteiger partial charge is 0.138 e. The van der Waals surface area contributed by atoms with Gasteiger partial charge in [0, 0.05) is 23.4 Å². The van der Waals surface area contributed by atoms with Crippen molar-refractivity contribution < 1.29 is 9.18 Å². The molecule has 0 aliphatic carbocycles. The molecule has 1 aromatic rings. The van der Waals surface area contributed by atoms with E-state index < -0.39 is 0 Å². The zero-order valence-electron chi connectivity index (χ0n) is 8.47. The van der Waals surface area contributed by atoms with Gasteiger partial charge in [-0.3, -0.25) is 4.79 Å². The molecule has 0 saturated carbocycles. The molecule has 2 nitrogen and oxygen atoms in total. The van der Waals surface area contributed by atoms with E-state index in [9.17, 15) is 9.18 Å². The van der Waals surface area contributed by atoms with E-state index in [1.165, 1.54) is 12.1 Å². The van der Waals surface area contributed by atoms with E-state index in [1.54, 1.807) is 13.0 Å². The van der Waals surface area contributed by atoms with Crippen LogP contribution < -0.4 is 5.73 Å². The van der Waals surface area contributed by atoms with Gasteiger partial charge in [-0.1, -0.05) is 15.9 Å². The molecule has 82 valence electrons. The van der Waals surface area contributed by atoms with Crippen LogP contribution in [0.1, 0.15) is 18.9 Å². The highest BCUT2D eigenvalue weighted by atomic mass is 79.9. The maximum absolute atomic E-state index is 13.0. The highest BCUT2D eigenvalue weighted by molar-refractivity contribution is 9.10. The van der Waals surface area contributed by atoms with Crippen molar-refractivity contribution in [3.05, 3.63) is 34.1 Å². The van der Waals surface area contributed by atoms with E-state index in [-0.39, 0.29) is 24.1 Å². The van der Waals surface area contributed by atoms with E-state index in [1.807, 2.05) is 0 Å². The van der Waals surface area contributed by atoms with Crippen LogP contribution in [0, 0.1) is 5.82 Å². The summed E-state index contributed by atoms with van der Waals surface area (Å²) in [6, 6.07) is 4.32. The van der Waals surface area contributed by atoms with Crippen LogP contribution in [-0.2, 0) is 11.2 Å². The number of carbonyl (C=O) groups excluding carboxylic acids is 1. The maximum atomic E-state index is 13.0. The Balaban J connectivity index is 2.68. The van der Waals surface area contributed by atoms with Crippen molar-refractivity contribution >= 4 is 21.7 Å². The van der Waals surface area contributed by atoms with E-state index >= 15 is 0 Å². The second-order valence-corrected chi connectivity index (χ2v) is 4.59. The molecule has 0 aromatic heterocycles. The van der Waals surface area contributed by atoms with Gasteiger partial charge in [0.15, 0.2) is 0 Å². The van der Waals surface area contributed by atoms with Crippen LogP contribution in [0.15, 0.2) is 22.7 Å². The highest BCUT2D eigenvalue weighted by Crippen LogP contribution is 2.15. The Bertz CT molecular complexity index is 345. The van der Waals surface area contributed by atoms with Gasteiger partial charge in [0.1, 0.15) is 11.6 Å². The molecule has 0 heterocycles. The third-order valence-electron chi connectivity index (χ3n) is 1.87. The fourth-order valence-electron chi connectivity index (χ4n) is 1.37. The van der Waals surface area contributed by atoms with Gasteiger partial charge in [0.25, 0.3) is 0 Å². The lowest BCUT2D eigenvalue weighted by Gasteiger charge is -2.05. The topological polar surface area (TPSA) is 43.1 Å². The summed E-state index contributed by atoms with van der Waals surface area (Å²) >= 11 is 3.18. The molecule has 0 aliphatic rings. The molecular weight excluding hydrogens is 261 g/mol. The summed E-state index contributed by atoms with van der Waals surface area (Å²) in [4.78, 5) is 11.4. The molecule has 0 bridgehead atoms. The van der Waals surface area contributed by atoms with E-state index in [4.69, 9.17) is 5.73 Å². The Morgan fingerprint density at radius 1 is 1.53 bits per heavy atom. The average molecular weight is 274 g/mol. The number of hydrogen-bond acceptors (Lipinski definition) is 2. The molecule has 0 aliphatic heterocycles. The molecule has 0 fully saturated rings. The van der Waals surface area contributed by atoms with Crippen LogP contribution in [0.4, 0.5) is 4.39 Å². The molecule has 1 unspecified atom stereocenters. The van der Waals surface area contributed by atoms with Crippen molar-refractivity contribution in [3.63, 3.8) is 0 Å². The normalized spacial score (nSPS) is 12.5. The molecule has 2 N–H and O–H groups in total. The molecule has 0 saturated heterocycles. The van der Waals surface area contributed by atoms with Crippen LogP contribution in [0.5, 0.6) is 0 Å². The number of carbonyl (C=O) groups is 1. The third kappa shape index (κ3) is 4.53.